The lowest BCUT2D eigenvalue weighted by molar-refractivity contribution is -0.143. The molecule has 0 aromatic heterocycles. The lowest BCUT2D eigenvalue weighted by atomic mass is 9.66. The van der Waals surface area contributed by atoms with Crippen molar-refractivity contribution in [3.63, 3.8) is 0 Å². The van der Waals surface area contributed by atoms with Crippen LogP contribution in [0.25, 0.3) is 0 Å². The highest BCUT2D eigenvalue weighted by Gasteiger charge is 2.43. The van der Waals surface area contributed by atoms with Gasteiger partial charge in [-0.15, -0.1) is 6.58 Å². The van der Waals surface area contributed by atoms with E-state index in [1.165, 1.54) is 0 Å². The first kappa shape index (κ1) is 14.1. The minimum Gasteiger partial charge on any atom is -0.481 e. The van der Waals surface area contributed by atoms with Crippen LogP contribution >= 0.6 is 0 Å². The smallest absolute Gasteiger partial charge is 0.306 e. The van der Waals surface area contributed by atoms with Gasteiger partial charge in [0.05, 0.1) is 11.3 Å². The summed E-state index contributed by atoms with van der Waals surface area (Å²) in [5.74, 6) is -0.775. The standard InChI is InChI=1S/C15H23NO3/c1-2-8-15(9-3-10-15)14(19)16-12-6-4-11(5-7-12)13(17)18/h2,11-12H,1,3-10H2,(H,16,19)(H,17,18). The van der Waals surface area contributed by atoms with E-state index < -0.39 is 5.97 Å². The van der Waals surface area contributed by atoms with E-state index >= 15 is 0 Å². The lowest BCUT2D eigenvalue weighted by Crippen LogP contribution is -2.49. The summed E-state index contributed by atoms with van der Waals surface area (Å²) in [6.07, 6.45) is 8.53. The summed E-state index contributed by atoms with van der Waals surface area (Å²) in [7, 11) is 0. The Morgan fingerprint density at radius 1 is 1.26 bits per heavy atom. The molecule has 106 valence electrons. The monoisotopic (exact) mass is 265 g/mol. The number of carbonyl (C=O) groups is 2. The fourth-order valence-corrected chi connectivity index (χ4v) is 3.23. The van der Waals surface area contributed by atoms with Crippen LogP contribution in [0.3, 0.4) is 0 Å². The van der Waals surface area contributed by atoms with E-state index in [1.54, 1.807) is 0 Å². The molecular formula is C15H23NO3. The molecule has 2 aliphatic rings. The number of carbonyl (C=O) groups excluding carboxylic acids is 1. The Labute approximate surface area is 114 Å². The summed E-state index contributed by atoms with van der Waals surface area (Å²) < 4.78 is 0. The number of carboxylic acids is 1. The van der Waals surface area contributed by atoms with Gasteiger partial charge >= 0.3 is 5.97 Å². The Kier molecular flexibility index (Phi) is 4.27. The molecule has 2 fully saturated rings. The number of rotatable bonds is 5. The second-order valence-electron chi connectivity index (χ2n) is 5.99. The second kappa shape index (κ2) is 5.76. The lowest BCUT2D eigenvalue weighted by Gasteiger charge is -2.41. The molecule has 0 aromatic rings. The maximum absolute atomic E-state index is 12.3. The van der Waals surface area contributed by atoms with Gasteiger partial charge in [-0.1, -0.05) is 12.5 Å². The van der Waals surface area contributed by atoms with Crippen LogP contribution in [0.2, 0.25) is 0 Å². The number of aliphatic carboxylic acids is 1. The van der Waals surface area contributed by atoms with Gasteiger partial charge in [-0.05, 0) is 44.9 Å². The first-order chi connectivity index (χ1) is 9.07. The van der Waals surface area contributed by atoms with E-state index in [2.05, 4.69) is 11.9 Å². The van der Waals surface area contributed by atoms with Crippen molar-refractivity contribution >= 4 is 11.9 Å². The highest BCUT2D eigenvalue weighted by molar-refractivity contribution is 5.84. The zero-order chi connectivity index (χ0) is 13.9. The van der Waals surface area contributed by atoms with Crippen molar-refractivity contribution < 1.29 is 14.7 Å². The van der Waals surface area contributed by atoms with Crippen molar-refractivity contribution in [1.82, 2.24) is 5.32 Å². The van der Waals surface area contributed by atoms with Gasteiger partial charge in [0.2, 0.25) is 5.91 Å². The van der Waals surface area contributed by atoms with Gasteiger partial charge in [0.1, 0.15) is 0 Å². The van der Waals surface area contributed by atoms with E-state index in [0.29, 0.717) is 12.8 Å². The summed E-state index contributed by atoms with van der Waals surface area (Å²) in [4.78, 5) is 23.2. The number of hydrogen-bond donors (Lipinski definition) is 2. The topological polar surface area (TPSA) is 66.4 Å². The van der Waals surface area contributed by atoms with Crippen molar-refractivity contribution in [3.05, 3.63) is 12.7 Å². The molecule has 4 heteroatoms. The molecule has 2 rings (SSSR count). The van der Waals surface area contributed by atoms with Crippen LogP contribution in [0.1, 0.15) is 51.4 Å². The maximum atomic E-state index is 12.3. The van der Waals surface area contributed by atoms with Gasteiger partial charge < -0.3 is 10.4 Å². The first-order valence-corrected chi connectivity index (χ1v) is 7.22. The first-order valence-electron chi connectivity index (χ1n) is 7.22. The van der Waals surface area contributed by atoms with Crippen molar-refractivity contribution in [2.24, 2.45) is 11.3 Å². The molecule has 0 aromatic carbocycles. The summed E-state index contributed by atoms with van der Waals surface area (Å²) in [6.45, 7) is 3.74. The fourth-order valence-electron chi connectivity index (χ4n) is 3.23. The van der Waals surface area contributed by atoms with Gasteiger partial charge in [-0.2, -0.15) is 0 Å². The predicted octanol–water partition coefficient (Wildman–Crippen LogP) is 2.49. The van der Waals surface area contributed by atoms with Crippen LogP contribution < -0.4 is 5.32 Å². The molecular weight excluding hydrogens is 242 g/mol. The van der Waals surface area contributed by atoms with E-state index in [1.807, 2.05) is 6.08 Å². The zero-order valence-electron chi connectivity index (χ0n) is 11.4. The van der Waals surface area contributed by atoms with E-state index in [4.69, 9.17) is 5.11 Å². The molecule has 0 spiro atoms. The van der Waals surface area contributed by atoms with Gasteiger partial charge in [0.25, 0.3) is 0 Å². The Balaban J connectivity index is 1.83. The zero-order valence-corrected chi connectivity index (χ0v) is 11.4. The number of nitrogens with one attached hydrogen (secondary N) is 1. The quantitative estimate of drug-likeness (QED) is 0.750. The third-order valence-corrected chi connectivity index (χ3v) is 4.74. The normalized spacial score (nSPS) is 29.1. The molecule has 1 amide bonds. The third kappa shape index (κ3) is 2.99. The number of amides is 1. The Morgan fingerprint density at radius 3 is 2.32 bits per heavy atom. The Hall–Kier alpha value is -1.32. The van der Waals surface area contributed by atoms with E-state index in [9.17, 15) is 9.59 Å². The summed E-state index contributed by atoms with van der Waals surface area (Å²) >= 11 is 0. The average Bonchev–Trinajstić information content (AvgIpc) is 2.34. The highest BCUT2D eigenvalue weighted by atomic mass is 16.4. The molecule has 0 aliphatic heterocycles. The minimum absolute atomic E-state index is 0.150. The molecule has 2 aliphatic carbocycles. The van der Waals surface area contributed by atoms with Crippen molar-refractivity contribution in [2.75, 3.05) is 0 Å². The van der Waals surface area contributed by atoms with Gasteiger partial charge in [0.15, 0.2) is 0 Å². The summed E-state index contributed by atoms with van der Waals surface area (Å²) in [5, 5.41) is 12.1. The van der Waals surface area contributed by atoms with E-state index in [0.717, 1.165) is 38.5 Å². The molecule has 2 N–H and O–H groups in total. The molecule has 19 heavy (non-hydrogen) atoms. The van der Waals surface area contributed by atoms with Crippen LogP contribution in [0, 0.1) is 11.3 Å². The second-order valence-corrected chi connectivity index (χ2v) is 5.99. The Bertz CT molecular complexity index is 366. The highest BCUT2D eigenvalue weighted by Crippen LogP contribution is 2.44. The van der Waals surface area contributed by atoms with Crippen molar-refractivity contribution in [2.45, 2.75) is 57.4 Å². The van der Waals surface area contributed by atoms with Crippen molar-refractivity contribution in [3.8, 4) is 0 Å². The van der Waals surface area contributed by atoms with Gasteiger partial charge in [0, 0.05) is 6.04 Å². The average molecular weight is 265 g/mol. The van der Waals surface area contributed by atoms with Crippen LogP contribution in [0.4, 0.5) is 0 Å². The fraction of sp³-hybridized carbons (Fsp3) is 0.733. The summed E-state index contributed by atoms with van der Waals surface area (Å²) in [6, 6.07) is 0.158. The number of carboxylic acid groups (broad SMARTS) is 1. The molecule has 2 saturated carbocycles. The molecule has 0 bridgehead atoms. The SMILES string of the molecule is C=CCC1(C(=O)NC2CCC(C(=O)O)CC2)CCC1. The van der Waals surface area contributed by atoms with Gasteiger partial charge in [-0.3, -0.25) is 9.59 Å². The molecule has 0 saturated heterocycles. The minimum atomic E-state index is -0.702. The predicted molar refractivity (Wildman–Crippen MR) is 72.6 cm³/mol. The summed E-state index contributed by atoms with van der Waals surface area (Å²) in [5.41, 5.74) is -0.217. The Morgan fingerprint density at radius 2 is 1.89 bits per heavy atom. The largest absolute Gasteiger partial charge is 0.481 e. The molecule has 0 atom stereocenters. The van der Waals surface area contributed by atoms with Crippen molar-refractivity contribution in [1.29, 1.82) is 0 Å². The van der Waals surface area contributed by atoms with Gasteiger partial charge in [-0.25, -0.2) is 0 Å². The maximum Gasteiger partial charge on any atom is 0.306 e. The molecule has 0 heterocycles. The number of hydrogen-bond acceptors (Lipinski definition) is 2. The molecule has 0 radical (unpaired) electrons. The van der Waals surface area contributed by atoms with E-state index in [-0.39, 0.29) is 23.3 Å². The molecule has 0 unspecified atom stereocenters. The third-order valence-electron chi connectivity index (χ3n) is 4.74. The number of allylic oxidation sites excluding steroid dienone is 1. The molecule has 4 nitrogen and oxygen atoms in total. The van der Waals surface area contributed by atoms with Crippen LogP contribution in [-0.2, 0) is 9.59 Å². The van der Waals surface area contributed by atoms with Crippen LogP contribution in [-0.4, -0.2) is 23.0 Å². The van der Waals surface area contributed by atoms with Crippen LogP contribution in [0.15, 0.2) is 12.7 Å². The van der Waals surface area contributed by atoms with Crippen LogP contribution in [0.5, 0.6) is 0 Å².